The summed E-state index contributed by atoms with van der Waals surface area (Å²) in [5, 5.41) is 3.24. The molecule has 0 fully saturated rings. The van der Waals surface area contributed by atoms with Crippen molar-refractivity contribution in [3.63, 3.8) is 0 Å². The summed E-state index contributed by atoms with van der Waals surface area (Å²) in [6, 6.07) is 5.75. The summed E-state index contributed by atoms with van der Waals surface area (Å²) < 4.78 is 8.86. The van der Waals surface area contributed by atoms with Gasteiger partial charge in [0.15, 0.2) is 0 Å². The third-order valence-electron chi connectivity index (χ3n) is 2.30. The van der Waals surface area contributed by atoms with E-state index in [0.29, 0.717) is 0 Å². The molecular weight excluding hydrogens is 508 g/mol. The molecule has 0 aliphatic heterocycles. The minimum Gasteiger partial charge on any atom is -0.495 e. The number of halogens is 4. The van der Waals surface area contributed by atoms with Gasteiger partial charge in [0.1, 0.15) is 11.6 Å². The molecule has 0 saturated heterocycles. The number of hydrogen-bond acceptors (Lipinski definition) is 3. The molecule has 1 heterocycles. The second-order valence-corrected chi connectivity index (χ2v) is 7.05. The summed E-state index contributed by atoms with van der Waals surface area (Å²) in [5.74, 6) is 1.48. The van der Waals surface area contributed by atoms with Gasteiger partial charge in [-0.05, 0) is 75.9 Å². The fourth-order valence-corrected chi connectivity index (χ4v) is 3.76. The number of hydrogen-bond donors (Lipinski definition) is 1. The summed E-state index contributed by atoms with van der Waals surface area (Å²) in [7, 11) is 1.63. The van der Waals surface area contributed by atoms with Gasteiger partial charge in [0.2, 0.25) is 0 Å². The van der Waals surface area contributed by atoms with E-state index in [4.69, 9.17) is 4.74 Å². The van der Waals surface area contributed by atoms with Crippen molar-refractivity contribution in [3.8, 4) is 5.75 Å². The van der Waals surface area contributed by atoms with Crippen molar-refractivity contribution in [2.24, 2.45) is 0 Å². The average molecular weight is 516 g/mol. The molecule has 1 N–H and O–H groups in total. The van der Waals surface area contributed by atoms with Gasteiger partial charge in [-0.15, -0.1) is 0 Å². The Morgan fingerprint density at radius 3 is 2.37 bits per heavy atom. The summed E-state index contributed by atoms with van der Waals surface area (Å²) in [6.45, 7) is 0. The number of aromatic nitrogens is 1. The molecule has 0 aliphatic carbocycles. The smallest absolute Gasteiger partial charge is 0.144 e. The summed E-state index contributed by atoms with van der Waals surface area (Å²) >= 11 is 13.8. The molecule has 100 valence electrons. The number of ether oxygens (including phenoxy) is 1. The summed E-state index contributed by atoms with van der Waals surface area (Å²) in [4.78, 5) is 4.31. The Morgan fingerprint density at radius 1 is 1.00 bits per heavy atom. The lowest BCUT2D eigenvalue weighted by Crippen LogP contribution is -1.97. The zero-order chi connectivity index (χ0) is 14.0. The van der Waals surface area contributed by atoms with Crippen LogP contribution in [0.4, 0.5) is 11.5 Å². The van der Waals surface area contributed by atoms with Crippen LogP contribution in [0.3, 0.4) is 0 Å². The predicted molar refractivity (Wildman–Crippen MR) is 91.3 cm³/mol. The van der Waals surface area contributed by atoms with Crippen molar-refractivity contribution in [1.82, 2.24) is 4.98 Å². The molecule has 2 rings (SSSR count). The maximum atomic E-state index is 5.28. The van der Waals surface area contributed by atoms with Crippen molar-refractivity contribution < 1.29 is 4.74 Å². The van der Waals surface area contributed by atoms with Gasteiger partial charge in [-0.1, -0.05) is 0 Å². The van der Waals surface area contributed by atoms with Crippen molar-refractivity contribution in [3.05, 3.63) is 42.3 Å². The molecule has 0 atom stereocenters. The first kappa shape index (κ1) is 15.3. The SMILES string of the molecule is COc1cc(Nc2ncc(Br)cc2Br)c(Br)cc1Br. The minimum atomic E-state index is 0.730. The number of nitrogens with zero attached hydrogens (tertiary/aromatic N) is 1. The van der Waals surface area contributed by atoms with Gasteiger partial charge in [-0.3, -0.25) is 0 Å². The fraction of sp³-hybridized carbons (Fsp3) is 0.0833. The fourth-order valence-electron chi connectivity index (χ4n) is 1.42. The number of nitrogens with one attached hydrogen (secondary N) is 1. The molecule has 7 heteroatoms. The van der Waals surface area contributed by atoms with Crippen LogP contribution in [0.2, 0.25) is 0 Å². The van der Waals surface area contributed by atoms with Gasteiger partial charge < -0.3 is 10.1 Å². The molecule has 0 bridgehead atoms. The molecule has 0 spiro atoms. The number of pyridine rings is 1. The van der Waals surface area contributed by atoms with E-state index in [1.165, 1.54) is 0 Å². The largest absolute Gasteiger partial charge is 0.495 e. The molecule has 0 radical (unpaired) electrons. The van der Waals surface area contributed by atoms with Gasteiger partial charge in [0, 0.05) is 21.2 Å². The first-order valence-corrected chi connectivity index (χ1v) is 8.29. The van der Waals surface area contributed by atoms with Gasteiger partial charge in [0.05, 0.1) is 21.7 Å². The van der Waals surface area contributed by atoms with Crippen molar-refractivity contribution >= 4 is 75.2 Å². The monoisotopic (exact) mass is 512 g/mol. The lowest BCUT2D eigenvalue weighted by molar-refractivity contribution is 0.412. The topological polar surface area (TPSA) is 34.1 Å². The quantitative estimate of drug-likeness (QED) is 0.554. The van der Waals surface area contributed by atoms with E-state index in [0.717, 1.165) is 35.1 Å². The average Bonchev–Trinajstić information content (AvgIpc) is 2.35. The van der Waals surface area contributed by atoms with Crippen LogP contribution in [0.1, 0.15) is 0 Å². The molecule has 0 saturated carbocycles. The standard InChI is InChI=1S/C12H8Br4N2O/c1-19-11-4-10(7(14)3-8(11)15)18-12-9(16)2-6(13)5-17-12/h2-5H,1H3,(H,17,18). The maximum Gasteiger partial charge on any atom is 0.144 e. The van der Waals surface area contributed by atoms with Crippen LogP contribution in [0.15, 0.2) is 42.3 Å². The highest BCUT2D eigenvalue weighted by Crippen LogP contribution is 2.37. The third kappa shape index (κ3) is 3.71. The van der Waals surface area contributed by atoms with Crippen LogP contribution >= 0.6 is 63.7 Å². The van der Waals surface area contributed by atoms with E-state index in [9.17, 15) is 0 Å². The van der Waals surface area contributed by atoms with E-state index in [2.05, 4.69) is 74.0 Å². The molecule has 2 aromatic rings. The normalized spacial score (nSPS) is 10.4. The van der Waals surface area contributed by atoms with Gasteiger partial charge in [-0.25, -0.2) is 4.98 Å². The van der Waals surface area contributed by atoms with Crippen LogP contribution < -0.4 is 10.1 Å². The number of benzene rings is 1. The first-order chi connectivity index (χ1) is 9.01. The van der Waals surface area contributed by atoms with Gasteiger partial charge in [-0.2, -0.15) is 0 Å². The summed E-state index contributed by atoms with van der Waals surface area (Å²) in [5.41, 5.74) is 0.871. The Morgan fingerprint density at radius 2 is 1.74 bits per heavy atom. The van der Waals surface area contributed by atoms with Crippen molar-refractivity contribution in [1.29, 1.82) is 0 Å². The zero-order valence-electron chi connectivity index (χ0n) is 9.68. The van der Waals surface area contributed by atoms with E-state index < -0.39 is 0 Å². The van der Waals surface area contributed by atoms with E-state index >= 15 is 0 Å². The Kier molecular flexibility index (Phi) is 5.28. The van der Waals surface area contributed by atoms with Crippen LogP contribution in [-0.4, -0.2) is 12.1 Å². The van der Waals surface area contributed by atoms with Gasteiger partial charge >= 0.3 is 0 Å². The first-order valence-electron chi connectivity index (χ1n) is 5.12. The molecule has 0 aliphatic rings. The Labute approximate surface area is 144 Å². The van der Waals surface area contributed by atoms with Gasteiger partial charge in [0.25, 0.3) is 0 Å². The van der Waals surface area contributed by atoms with Crippen LogP contribution in [0.5, 0.6) is 5.75 Å². The lowest BCUT2D eigenvalue weighted by Gasteiger charge is -2.12. The highest BCUT2D eigenvalue weighted by Gasteiger charge is 2.09. The van der Waals surface area contributed by atoms with Crippen LogP contribution in [0.25, 0.3) is 0 Å². The Hall–Kier alpha value is -0.110. The predicted octanol–water partition coefficient (Wildman–Crippen LogP) is 5.88. The number of methoxy groups -OCH3 is 1. The molecule has 1 aromatic carbocycles. The minimum absolute atomic E-state index is 0.730. The van der Waals surface area contributed by atoms with Crippen LogP contribution in [0, 0.1) is 0 Å². The lowest BCUT2D eigenvalue weighted by atomic mass is 10.3. The highest BCUT2D eigenvalue weighted by molar-refractivity contribution is 9.11. The number of anilines is 2. The summed E-state index contributed by atoms with van der Waals surface area (Å²) in [6.07, 6.45) is 1.73. The van der Waals surface area contributed by atoms with E-state index in [-0.39, 0.29) is 0 Å². The molecule has 1 aromatic heterocycles. The second kappa shape index (κ2) is 6.56. The third-order valence-corrected chi connectivity index (χ3v) is 4.62. The Balaban J connectivity index is 2.37. The highest BCUT2D eigenvalue weighted by atomic mass is 79.9. The molecular formula is C12H8Br4N2O. The van der Waals surface area contributed by atoms with E-state index in [1.807, 2.05) is 18.2 Å². The van der Waals surface area contributed by atoms with E-state index in [1.54, 1.807) is 13.3 Å². The molecule has 0 unspecified atom stereocenters. The van der Waals surface area contributed by atoms with Crippen molar-refractivity contribution in [2.45, 2.75) is 0 Å². The molecule has 3 nitrogen and oxygen atoms in total. The maximum absolute atomic E-state index is 5.28. The zero-order valence-corrected chi connectivity index (χ0v) is 16.0. The molecule has 0 amide bonds. The van der Waals surface area contributed by atoms with Crippen molar-refractivity contribution in [2.75, 3.05) is 12.4 Å². The van der Waals surface area contributed by atoms with Crippen LogP contribution in [-0.2, 0) is 0 Å². The second-order valence-electron chi connectivity index (χ2n) is 3.58. The number of rotatable bonds is 3. The Bertz CT molecular complexity index is 619. The molecule has 19 heavy (non-hydrogen) atoms.